The highest BCUT2D eigenvalue weighted by Crippen LogP contribution is 2.17. The van der Waals surface area contributed by atoms with E-state index in [1.165, 1.54) is 7.05 Å². The number of likely N-dealkylation sites (N-methyl/N-ethyl adjacent to an activating group) is 1. The highest BCUT2D eigenvalue weighted by Gasteiger charge is 2.42. The molecule has 1 aliphatic heterocycles. The molecule has 26 heavy (non-hydrogen) atoms. The summed E-state index contributed by atoms with van der Waals surface area (Å²) in [5.74, 6) is -3.05. The monoisotopic (exact) mass is 371 g/mol. The van der Waals surface area contributed by atoms with E-state index < -0.39 is 17.6 Å². The summed E-state index contributed by atoms with van der Waals surface area (Å²) in [6.45, 7) is 0.0614. The van der Waals surface area contributed by atoms with Crippen LogP contribution >= 0.6 is 11.6 Å². The molecule has 1 aliphatic rings. The van der Waals surface area contributed by atoms with Crippen molar-refractivity contribution in [2.24, 2.45) is 0 Å². The number of Topliss-reactive ketones (excluding diaryl/α,β-unsaturated/α-hetero) is 1. The molecule has 1 saturated heterocycles. The maximum Gasteiger partial charge on any atom is 0.319 e. The molecule has 0 atom stereocenters. The van der Waals surface area contributed by atoms with Crippen LogP contribution in [0.3, 0.4) is 0 Å². The number of rotatable bonds is 4. The fourth-order valence-electron chi connectivity index (χ4n) is 2.45. The number of hydrogen-bond acceptors (Lipinski definition) is 4. The van der Waals surface area contributed by atoms with Gasteiger partial charge in [0.15, 0.2) is 0 Å². The Hall–Kier alpha value is -3.19. The topological polar surface area (TPSA) is 86.8 Å². The Morgan fingerprint density at radius 1 is 0.962 bits per heavy atom. The third kappa shape index (κ3) is 3.43. The summed E-state index contributed by atoms with van der Waals surface area (Å²) in [5, 5.41) is 5.37. The second-order valence-electron chi connectivity index (χ2n) is 5.68. The number of nitrogens with zero attached hydrogens (tertiary/aromatic N) is 2. The Morgan fingerprint density at radius 2 is 1.58 bits per heavy atom. The lowest BCUT2D eigenvalue weighted by molar-refractivity contribution is -0.145. The van der Waals surface area contributed by atoms with Crippen molar-refractivity contribution in [3.63, 3.8) is 0 Å². The molecule has 7 nitrogen and oxygen atoms in total. The van der Waals surface area contributed by atoms with Crippen molar-refractivity contribution in [1.29, 1.82) is 0 Å². The number of carbonyl (C=O) groups excluding carboxylic acids is 4. The van der Waals surface area contributed by atoms with Crippen LogP contribution < -0.4 is 5.32 Å². The predicted molar refractivity (Wildman–Crippen MR) is 94.2 cm³/mol. The first-order valence-electron chi connectivity index (χ1n) is 7.66. The molecule has 0 aliphatic carbocycles. The van der Waals surface area contributed by atoms with Crippen molar-refractivity contribution in [1.82, 2.24) is 10.0 Å². The second-order valence-corrected chi connectivity index (χ2v) is 6.12. The summed E-state index contributed by atoms with van der Waals surface area (Å²) >= 11 is 5.80. The number of anilines is 1. The van der Waals surface area contributed by atoms with Crippen LogP contribution in [0.25, 0.3) is 0 Å². The number of hydrazine groups is 1. The van der Waals surface area contributed by atoms with E-state index in [0.717, 1.165) is 10.0 Å². The van der Waals surface area contributed by atoms with Crippen molar-refractivity contribution in [3.8, 4) is 0 Å². The predicted octanol–water partition coefficient (Wildman–Crippen LogP) is 1.88. The van der Waals surface area contributed by atoms with Crippen LogP contribution in [0.5, 0.6) is 0 Å². The lowest BCUT2D eigenvalue weighted by Gasteiger charge is -2.22. The van der Waals surface area contributed by atoms with E-state index in [2.05, 4.69) is 5.32 Å². The molecule has 3 rings (SSSR count). The second kappa shape index (κ2) is 6.97. The van der Waals surface area contributed by atoms with E-state index in [4.69, 9.17) is 11.6 Å². The van der Waals surface area contributed by atoms with E-state index in [9.17, 15) is 19.2 Å². The van der Waals surface area contributed by atoms with Gasteiger partial charge in [-0.3, -0.25) is 19.2 Å². The lowest BCUT2D eigenvalue weighted by atomic mass is 10.1. The molecular formula is C18H14ClN3O4. The average molecular weight is 372 g/mol. The van der Waals surface area contributed by atoms with Gasteiger partial charge in [0, 0.05) is 23.3 Å². The van der Waals surface area contributed by atoms with Crippen molar-refractivity contribution < 1.29 is 19.2 Å². The van der Waals surface area contributed by atoms with Gasteiger partial charge in [-0.25, -0.2) is 10.0 Å². The number of ketones is 1. The average Bonchev–Trinajstić information content (AvgIpc) is 2.82. The van der Waals surface area contributed by atoms with Crippen LogP contribution in [0.1, 0.15) is 15.9 Å². The maximum absolute atomic E-state index is 12.2. The minimum Gasteiger partial charge on any atom is -0.322 e. The molecule has 132 valence electrons. The van der Waals surface area contributed by atoms with Gasteiger partial charge < -0.3 is 5.32 Å². The molecule has 1 fully saturated rings. The van der Waals surface area contributed by atoms with Gasteiger partial charge in [0.1, 0.15) is 0 Å². The van der Waals surface area contributed by atoms with Crippen molar-refractivity contribution in [3.05, 3.63) is 64.7 Å². The van der Waals surface area contributed by atoms with Gasteiger partial charge >= 0.3 is 17.6 Å². The summed E-state index contributed by atoms with van der Waals surface area (Å²) in [7, 11) is 1.36. The van der Waals surface area contributed by atoms with Gasteiger partial charge in [-0.1, -0.05) is 23.7 Å². The molecule has 2 aromatic rings. The summed E-state index contributed by atoms with van der Waals surface area (Å²) in [6, 6.07) is 13.2. The number of hydrogen-bond donors (Lipinski definition) is 1. The Morgan fingerprint density at radius 3 is 2.12 bits per heavy atom. The fourth-order valence-corrected chi connectivity index (χ4v) is 2.58. The molecule has 0 radical (unpaired) electrons. The fraction of sp³-hybridized carbons (Fsp3) is 0.111. The lowest BCUT2D eigenvalue weighted by Crippen LogP contribution is -2.37. The first-order valence-corrected chi connectivity index (χ1v) is 8.04. The minimum atomic E-state index is -1.05. The van der Waals surface area contributed by atoms with E-state index in [1.54, 1.807) is 48.5 Å². The van der Waals surface area contributed by atoms with Crippen LogP contribution in [-0.4, -0.2) is 40.6 Å². The smallest absolute Gasteiger partial charge is 0.319 e. The Balaban J connectivity index is 1.67. The largest absolute Gasteiger partial charge is 0.322 e. The quantitative estimate of drug-likeness (QED) is 0.831. The minimum absolute atomic E-state index is 0.0614. The summed E-state index contributed by atoms with van der Waals surface area (Å²) in [6.07, 6.45) is 0. The van der Waals surface area contributed by atoms with Crippen molar-refractivity contribution >= 4 is 40.8 Å². The number of amides is 3. The maximum atomic E-state index is 12.2. The molecule has 2 aromatic carbocycles. The SMILES string of the molecule is CN1C(=O)C(=O)C(=O)N1Cc1ccc(C(=O)Nc2ccc(Cl)cc2)cc1. The molecule has 1 N–H and O–H groups in total. The van der Waals surface area contributed by atoms with Gasteiger partial charge in [-0.2, -0.15) is 0 Å². The zero-order valence-electron chi connectivity index (χ0n) is 13.7. The van der Waals surface area contributed by atoms with Gasteiger partial charge in [0.2, 0.25) is 0 Å². The van der Waals surface area contributed by atoms with Crippen molar-refractivity contribution in [2.75, 3.05) is 12.4 Å². The number of halogens is 1. The Labute approximate surface area is 154 Å². The van der Waals surface area contributed by atoms with Gasteiger partial charge in [-0.05, 0) is 42.0 Å². The summed E-state index contributed by atoms with van der Waals surface area (Å²) < 4.78 is 0. The molecule has 8 heteroatoms. The number of benzene rings is 2. The Bertz CT molecular complexity index is 894. The van der Waals surface area contributed by atoms with E-state index in [1.807, 2.05) is 0 Å². The van der Waals surface area contributed by atoms with Gasteiger partial charge in [-0.15, -0.1) is 0 Å². The number of carbonyl (C=O) groups is 4. The molecule has 0 unspecified atom stereocenters. The molecular weight excluding hydrogens is 358 g/mol. The summed E-state index contributed by atoms with van der Waals surface area (Å²) in [5.41, 5.74) is 1.72. The number of nitrogens with one attached hydrogen (secondary N) is 1. The van der Waals surface area contributed by atoms with Crippen LogP contribution in [-0.2, 0) is 20.9 Å². The van der Waals surface area contributed by atoms with Crippen LogP contribution in [0, 0.1) is 0 Å². The summed E-state index contributed by atoms with van der Waals surface area (Å²) in [4.78, 5) is 46.9. The van der Waals surface area contributed by atoms with Crippen LogP contribution in [0.2, 0.25) is 5.02 Å². The highest BCUT2D eigenvalue weighted by molar-refractivity contribution is 6.65. The zero-order chi connectivity index (χ0) is 18.8. The van der Waals surface area contributed by atoms with Crippen LogP contribution in [0.15, 0.2) is 48.5 Å². The standard InChI is InChI=1S/C18H14ClN3O4/c1-21-17(25)15(23)18(26)22(21)10-11-2-4-12(5-3-11)16(24)20-14-8-6-13(19)7-9-14/h2-9H,10H2,1H3,(H,20,24). The van der Waals surface area contributed by atoms with E-state index >= 15 is 0 Å². The zero-order valence-corrected chi connectivity index (χ0v) is 14.5. The third-order valence-electron chi connectivity index (χ3n) is 3.93. The molecule has 0 aromatic heterocycles. The highest BCUT2D eigenvalue weighted by atomic mass is 35.5. The Kier molecular flexibility index (Phi) is 4.73. The molecule has 0 bridgehead atoms. The first kappa shape index (κ1) is 17.6. The van der Waals surface area contributed by atoms with Crippen molar-refractivity contribution in [2.45, 2.75) is 6.54 Å². The van der Waals surface area contributed by atoms with E-state index in [-0.39, 0.29) is 12.5 Å². The molecule has 0 saturated carbocycles. The molecule has 3 amide bonds. The molecule has 1 heterocycles. The van der Waals surface area contributed by atoms with Gasteiger partial charge in [0.25, 0.3) is 5.91 Å². The molecule has 0 spiro atoms. The first-order chi connectivity index (χ1) is 12.4. The van der Waals surface area contributed by atoms with E-state index in [0.29, 0.717) is 21.8 Å². The van der Waals surface area contributed by atoms with Gasteiger partial charge in [0.05, 0.1) is 6.54 Å². The normalized spacial score (nSPS) is 14.2. The third-order valence-corrected chi connectivity index (χ3v) is 4.18. The van der Waals surface area contributed by atoms with Crippen LogP contribution in [0.4, 0.5) is 5.69 Å².